The number of carbonyl (C=O) groups excluding carboxylic acids is 6. The average Bonchev–Trinajstić information content (AvgIpc) is 1.58. The predicted molar refractivity (Wildman–Crippen MR) is 516 cm³/mol. The lowest BCUT2D eigenvalue weighted by atomic mass is 9.84. The molecule has 7 fully saturated rings. The van der Waals surface area contributed by atoms with Crippen LogP contribution in [0.15, 0.2) is 110 Å². The Kier molecular flexibility index (Phi) is 32.2. The summed E-state index contributed by atoms with van der Waals surface area (Å²) < 4.78 is 81.3. The molecule has 135 heavy (non-hydrogen) atoms. The van der Waals surface area contributed by atoms with Crippen molar-refractivity contribution in [3.8, 4) is 45.8 Å². The fourth-order valence-corrected chi connectivity index (χ4v) is 24.2. The van der Waals surface area contributed by atoms with E-state index in [4.69, 9.17) is 38.9 Å². The highest BCUT2D eigenvalue weighted by molar-refractivity contribution is 7.91. The molecule has 0 spiro atoms. The van der Waals surface area contributed by atoms with Crippen molar-refractivity contribution < 1.29 is 84.4 Å². The third kappa shape index (κ3) is 24.1. The van der Waals surface area contributed by atoms with Crippen molar-refractivity contribution in [2.24, 2.45) is 23.2 Å². The number of hydrogen-bond acceptors (Lipinski definition) is 26. The maximum Gasteiger partial charge on any atom is 0.329 e. The minimum Gasteiger partial charge on any atom is -0.497 e. The molecule has 4 saturated heterocycles. The van der Waals surface area contributed by atoms with Crippen LogP contribution in [0.3, 0.4) is 0 Å². The third-order valence-corrected chi connectivity index (χ3v) is 33.3. The number of nitrogens with one attached hydrogen (secondary N) is 8. The Bertz CT molecular complexity index is 5800. The molecule has 3 saturated carbocycles. The van der Waals surface area contributed by atoms with Crippen LogP contribution in [-0.4, -0.2) is 244 Å². The van der Waals surface area contributed by atoms with Crippen LogP contribution < -0.4 is 61.5 Å². The molecule has 2 unspecified atom stereocenters. The lowest BCUT2D eigenvalue weighted by Crippen LogP contribution is -2.59. The number of urea groups is 2. The second-order valence-electron chi connectivity index (χ2n) is 38.4. The van der Waals surface area contributed by atoms with Gasteiger partial charge in [0.25, 0.3) is 20.0 Å². The van der Waals surface area contributed by atoms with Gasteiger partial charge in [-0.25, -0.2) is 60.9 Å². The average molecular weight is 1960 g/mol. The van der Waals surface area contributed by atoms with E-state index in [2.05, 4.69) is 47.5 Å². The van der Waals surface area contributed by atoms with Crippen LogP contribution in [0.1, 0.15) is 196 Å². The number of nitrogens with zero attached hydrogens (tertiary/aromatic N) is 9. The topological polar surface area (TPSA) is 456 Å². The highest BCUT2D eigenvalue weighted by atomic mass is 32.2. The van der Waals surface area contributed by atoms with Gasteiger partial charge in [-0.1, -0.05) is 116 Å². The largest absolute Gasteiger partial charge is 0.497 e. The standard InChI is InChI=1S/C48H64N8O9S3.C47H63N9O9S2/c1-29(2)49-47-53-39(28-67-47)37-24-41(34-20-19-32(64-4)22-36(34)50-37)65-33-23-40-43(57)54-48(45(59)60)25-31(48)16-11-6-5-7-12-17-35(44(58)56(40)26-33)51-46(61)52-38(30-14-9-8-10-15-30)27-55(3)68(62,63)42-18-13-21-66-42;1-28(2)49-45-52-36(27-66-45)35-23-38(32-19-18-30(64-7)21-34(32)50-35)65-31-22-37-41(57)54-47(43(59)60)24-29(47)15-11-9-8-10-12-16-33(42(58)56(37)25-31)51-44(61)53-39(46(3,4)5)26-55(6)67(62,63)40-17-13-14-20-48-40/h13,18-22,24,28-31,33,35,38,40H,5-12,14-17,23,25-27H2,1-4H3,(H,49,53)(H,54,57)(H,59,60)(H2,51,52,61);13-14,17-21,23,27-29,31,33,37,39H,8-12,15-16,22,24-26H2,1-7H3,(H,49,52)(H,54,57)(H,59,60)(H2,51,53,61)/t31?,33-,35+,38-,40+,48-;29?,31-,33+,37+,39-,47-/m11/s1. The number of methoxy groups -OCH3 is 2. The summed E-state index contributed by atoms with van der Waals surface area (Å²) in [5.74, 6) is -2.75. The van der Waals surface area contributed by atoms with Gasteiger partial charge in [0.1, 0.15) is 86.0 Å². The SMILES string of the molecule is COc1ccc2c(O[C@@H]3C[C@H]4C(=O)N[C@]5(C(=O)O)CC5CCCCCCC[C@H](NC(=O)N[C@H](CN(C)S(=O)(=O)c5ccccn5)C(C)(C)C)C(=O)N4C3)cc(-c3csc(NC(C)C)n3)nc2c1.COc1ccc2c(O[C@@H]3C[C@H]4C(=O)N[C@]5(C(=O)O)CC5CCCCCCC[C@H](NC(=O)N[C@H](CN(C)S(=O)(=O)c5cccs5)C5CCCCC5)C(=O)N4C3)cc(-c3csc(NC(C)C)n3)nc2c1. The summed E-state index contributed by atoms with van der Waals surface area (Å²) >= 11 is 4.04. The molecule has 7 aliphatic rings. The second-order valence-corrected chi connectivity index (χ2v) is 45.3. The monoisotopic (exact) mass is 1950 g/mol. The molecule has 8 aromatic rings. The molecule has 12 atom stereocenters. The first-order valence-corrected chi connectivity index (χ1v) is 52.4. The minimum absolute atomic E-state index is 0.0231. The number of aromatic nitrogens is 5. The highest BCUT2D eigenvalue weighted by Crippen LogP contribution is 2.50. The van der Waals surface area contributed by atoms with Gasteiger partial charge in [-0.2, -0.15) is 8.61 Å². The van der Waals surface area contributed by atoms with Crippen molar-refractivity contribution in [3.05, 3.63) is 101 Å². The molecule has 0 radical (unpaired) electrons. The molecule has 40 heteroatoms. The van der Waals surface area contributed by atoms with Crippen molar-refractivity contribution in [1.29, 1.82) is 0 Å². The number of thiazole rings is 2. The van der Waals surface area contributed by atoms with Crippen LogP contribution in [0.5, 0.6) is 23.0 Å². The quantitative estimate of drug-likeness (QED) is 0.0229. The van der Waals surface area contributed by atoms with Crippen LogP contribution in [0, 0.1) is 23.2 Å². The first kappa shape index (κ1) is 100. The maximum absolute atomic E-state index is 15.1. The molecule has 8 amide bonds. The summed E-state index contributed by atoms with van der Waals surface area (Å²) in [6, 6.07) is 15.8. The number of pyridine rings is 3. The number of amides is 8. The summed E-state index contributed by atoms with van der Waals surface area (Å²) in [6.07, 6.45) is 15.0. The van der Waals surface area contributed by atoms with Gasteiger partial charge in [-0.05, 0) is 150 Å². The molecule has 730 valence electrons. The zero-order valence-corrected chi connectivity index (χ0v) is 82.5. The van der Waals surface area contributed by atoms with E-state index in [0.717, 1.165) is 109 Å². The van der Waals surface area contributed by atoms with Crippen molar-refractivity contribution in [2.75, 3.05) is 65.1 Å². The van der Waals surface area contributed by atoms with Crippen molar-refractivity contribution in [2.45, 2.75) is 277 Å². The van der Waals surface area contributed by atoms with Gasteiger partial charge < -0.3 is 81.5 Å². The molecule has 2 aromatic carbocycles. The lowest BCUT2D eigenvalue weighted by Gasteiger charge is -2.35. The number of thiophene rings is 1. The predicted octanol–water partition coefficient (Wildman–Crippen LogP) is 13.3. The Hall–Kier alpha value is -10.7. The number of carbonyl (C=O) groups is 8. The number of sulfonamides is 2. The molecule has 10 heterocycles. The van der Waals surface area contributed by atoms with Crippen LogP contribution in [0.4, 0.5) is 19.9 Å². The lowest BCUT2D eigenvalue weighted by molar-refractivity contribution is -0.146. The number of ether oxygens (including phenoxy) is 4. The summed E-state index contributed by atoms with van der Waals surface area (Å²) in [5, 5.41) is 53.4. The second kappa shape index (κ2) is 43.4. The number of carboxylic acids is 2. The van der Waals surface area contributed by atoms with E-state index in [1.54, 1.807) is 80.3 Å². The molecular formula is C95H127N17O18S5. The molecule has 15 rings (SSSR count). The molecule has 4 aliphatic heterocycles. The number of benzene rings is 2. The van der Waals surface area contributed by atoms with E-state index in [1.165, 1.54) is 63.1 Å². The summed E-state index contributed by atoms with van der Waals surface area (Å²) in [5.41, 5.74) is 0.0200. The molecular weight excluding hydrogens is 1830 g/mol. The van der Waals surface area contributed by atoms with E-state index in [9.17, 15) is 60.6 Å². The molecule has 6 aromatic heterocycles. The molecule has 35 nitrogen and oxygen atoms in total. The van der Waals surface area contributed by atoms with Crippen LogP contribution in [-0.2, 0) is 48.8 Å². The summed E-state index contributed by atoms with van der Waals surface area (Å²) in [6.45, 7) is 13.6. The molecule has 0 bridgehead atoms. The van der Waals surface area contributed by atoms with E-state index in [-0.39, 0.29) is 84.5 Å². The Morgan fingerprint density at radius 1 is 0.548 bits per heavy atom. The van der Waals surface area contributed by atoms with Crippen LogP contribution >= 0.6 is 34.0 Å². The number of fused-ring (bicyclic) bond motifs is 6. The van der Waals surface area contributed by atoms with Gasteiger partial charge in [-0.15, -0.1) is 34.0 Å². The minimum atomic E-state index is -4.00. The first-order valence-electron chi connectivity index (χ1n) is 46.9. The van der Waals surface area contributed by atoms with Gasteiger partial charge in [0.05, 0.1) is 49.7 Å². The van der Waals surface area contributed by atoms with Gasteiger partial charge in [0, 0.05) is 116 Å². The Morgan fingerprint density at radius 2 is 1.00 bits per heavy atom. The van der Waals surface area contributed by atoms with Gasteiger partial charge in [0.15, 0.2) is 15.3 Å². The number of rotatable bonds is 27. The molecule has 10 N–H and O–H groups in total. The number of carboxylic acid groups (broad SMARTS) is 2. The van der Waals surface area contributed by atoms with E-state index >= 15 is 4.79 Å². The van der Waals surface area contributed by atoms with Crippen LogP contribution in [0.25, 0.3) is 44.6 Å². The van der Waals surface area contributed by atoms with Crippen LogP contribution in [0.2, 0.25) is 0 Å². The summed E-state index contributed by atoms with van der Waals surface area (Å²) in [7, 11) is -1.71. The summed E-state index contributed by atoms with van der Waals surface area (Å²) in [4.78, 5) is 139. The van der Waals surface area contributed by atoms with E-state index in [1.807, 2.05) is 71.4 Å². The number of hydrogen-bond donors (Lipinski definition) is 10. The molecule has 3 aliphatic carbocycles. The van der Waals surface area contributed by atoms with Gasteiger partial charge >= 0.3 is 24.0 Å². The van der Waals surface area contributed by atoms with Gasteiger partial charge in [0.2, 0.25) is 23.6 Å². The zero-order valence-electron chi connectivity index (χ0n) is 78.4. The fraction of sp³-hybridized carbons (Fsp3) is 0.568. The Morgan fingerprint density at radius 3 is 1.44 bits per heavy atom. The first-order chi connectivity index (χ1) is 64.4. The smallest absolute Gasteiger partial charge is 0.329 e. The third-order valence-electron chi connectivity index (χ3n) is 26.8. The van der Waals surface area contributed by atoms with Gasteiger partial charge in [-0.3, -0.25) is 19.2 Å². The van der Waals surface area contributed by atoms with E-state index < -0.39 is 133 Å². The number of aliphatic carboxylic acids is 2. The maximum atomic E-state index is 15.1. The Labute approximate surface area is 800 Å². The Balaban J connectivity index is 0.000000216. The fourth-order valence-electron chi connectivity index (χ4n) is 19.0. The van der Waals surface area contributed by atoms with E-state index in [0.29, 0.717) is 113 Å². The number of anilines is 2. The van der Waals surface area contributed by atoms with Crippen molar-refractivity contribution >= 4 is 134 Å². The zero-order chi connectivity index (χ0) is 96.4. The normalized spacial score (nSPS) is 24.0. The highest BCUT2D eigenvalue weighted by Gasteiger charge is 2.64. The van der Waals surface area contributed by atoms with Crippen molar-refractivity contribution in [1.82, 2.24) is 75.2 Å². The van der Waals surface area contributed by atoms with Crippen molar-refractivity contribution in [3.63, 3.8) is 0 Å². The number of likely N-dealkylation sites (N-methyl/N-ethyl adjacent to an activating group) is 2.